The maximum Gasteiger partial charge on any atom is 0.306 e. The molecule has 0 N–H and O–H groups in total. The zero-order chi connectivity index (χ0) is 37.1. The molecule has 4 atom stereocenters. The molecule has 0 aromatic rings. The molecule has 0 aromatic heterocycles. The highest BCUT2D eigenvalue weighted by molar-refractivity contribution is 5.69. The fourth-order valence-electron chi connectivity index (χ4n) is 7.20. The molecule has 0 rings (SSSR count). The first-order valence-corrected chi connectivity index (χ1v) is 22.6. The minimum Gasteiger partial charge on any atom is -0.463 e. The van der Waals surface area contributed by atoms with Crippen LogP contribution >= 0.6 is 0 Å². The Morgan fingerprint density at radius 1 is 0.367 bits per heavy atom. The summed E-state index contributed by atoms with van der Waals surface area (Å²) >= 11 is 0. The Morgan fingerprint density at radius 3 is 0.959 bits per heavy atom. The molecule has 0 spiro atoms. The molecule has 2 nitrogen and oxygen atoms in total. The van der Waals surface area contributed by atoms with Crippen LogP contribution in [0.5, 0.6) is 0 Å². The van der Waals surface area contributed by atoms with Crippen molar-refractivity contribution in [2.75, 3.05) is 0 Å². The van der Waals surface area contributed by atoms with Gasteiger partial charge >= 0.3 is 5.97 Å². The Bertz CT molecular complexity index is 618. The monoisotopic (exact) mass is 693 g/mol. The number of unbranched alkanes of at least 4 members (excludes halogenated alkanes) is 11. The molecule has 0 saturated heterocycles. The van der Waals surface area contributed by atoms with Crippen molar-refractivity contribution in [3.8, 4) is 0 Å². The second-order valence-corrected chi connectivity index (χ2v) is 18.0. The molecule has 0 amide bonds. The highest BCUT2D eigenvalue weighted by Crippen LogP contribution is 2.24. The SMILES string of the molecule is CC(C)CCCC(C)CCCC(C)CCCCC(C)CCCC(C)CCCC(C)C.CCCCCCCCCCCCCC(=O)OC(C)C. The average molecular weight is 693 g/mol. The highest BCUT2D eigenvalue weighted by Gasteiger charge is 2.09. The van der Waals surface area contributed by atoms with Crippen LogP contribution in [0.1, 0.15) is 256 Å². The summed E-state index contributed by atoms with van der Waals surface area (Å²) in [5.74, 6) is 5.48. The van der Waals surface area contributed by atoms with Gasteiger partial charge in [-0.1, -0.05) is 229 Å². The molecule has 49 heavy (non-hydrogen) atoms. The highest BCUT2D eigenvalue weighted by atomic mass is 16.5. The van der Waals surface area contributed by atoms with E-state index in [2.05, 4.69) is 62.3 Å². The van der Waals surface area contributed by atoms with E-state index in [1.807, 2.05) is 13.8 Å². The van der Waals surface area contributed by atoms with Gasteiger partial charge in [-0.2, -0.15) is 0 Å². The maximum atomic E-state index is 11.3. The van der Waals surface area contributed by atoms with Crippen molar-refractivity contribution in [1.82, 2.24) is 0 Å². The van der Waals surface area contributed by atoms with Gasteiger partial charge in [0.15, 0.2) is 0 Å². The fraction of sp³-hybridized carbons (Fsp3) is 0.979. The van der Waals surface area contributed by atoms with E-state index in [-0.39, 0.29) is 12.1 Å². The number of esters is 1. The first-order chi connectivity index (χ1) is 23.4. The van der Waals surface area contributed by atoms with Gasteiger partial charge < -0.3 is 4.74 Å². The Labute approximate surface area is 312 Å². The molecule has 0 heterocycles. The third-order valence-corrected chi connectivity index (χ3v) is 10.7. The van der Waals surface area contributed by atoms with E-state index in [0.29, 0.717) is 6.42 Å². The van der Waals surface area contributed by atoms with Crippen molar-refractivity contribution >= 4 is 5.97 Å². The van der Waals surface area contributed by atoms with Gasteiger partial charge in [0.2, 0.25) is 0 Å². The number of ether oxygens (including phenoxy) is 1. The minimum atomic E-state index is -0.0362. The van der Waals surface area contributed by atoms with Crippen LogP contribution in [0.3, 0.4) is 0 Å². The van der Waals surface area contributed by atoms with Crippen molar-refractivity contribution in [3.63, 3.8) is 0 Å². The molecule has 4 unspecified atom stereocenters. The van der Waals surface area contributed by atoms with Crippen LogP contribution in [-0.4, -0.2) is 12.1 Å². The van der Waals surface area contributed by atoms with E-state index in [4.69, 9.17) is 4.74 Å². The third-order valence-electron chi connectivity index (χ3n) is 10.7. The van der Waals surface area contributed by atoms with E-state index in [1.165, 1.54) is 167 Å². The van der Waals surface area contributed by atoms with Crippen LogP contribution in [0.15, 0.2) is 0 Å². The van der Waals surface area contributed by atoms with E-state index in [9.17, 15) is 4.79 Å². The van der Waals surface area contributed by atoms with E-state index in [0.717, 1.165) is 41.9 Å². The van der Waals surface area contributed by atoms with Gasteiger partial charge in [-0.15, -0.1) is 0 Å². The van der Waals surface area contributed by atoms with Gasteiger partial charge in [0.25, 0.3) is 0 Å². The summed E-state index contributed by atoms with van der Waals surface area (Å²) in [6.45, 7) is 25.4. The second kappa shape index (κ2) is 37.2. The number of carbonyl (C=O) groups excluding carboxylic acids is 1. The van der Waals surface area contributed by atoms with Crippen LogP contribution in [0.25, 0.3) is 0 Å². The molecule has 2 heteroatoms. The van der Waals surface area contributed by atoms with Crippen molar-refractivity contribution in [2.45, 2.75) is 262 Å². The van der Waals surface area contributed by atoms with Crippen LogP contribution in [-0.2, 0) is 9.53 Å². The third kappa shape index (κ3) is 43.6. The van der Waals surface area contributed by atoms with Crippen molar-refractivity contribution < 1.29 is 9.53 Å². The van der Waals surface area contributed by atoms with Gasteiger partial charge in [-0.05, 0) is 55.8 Å². The summed E-state index contributed by atoms with van der Waals surface area (Å²) in [5.41, 5.74) is 0. The smallest absolute Gasteiger partial charge is 0.306 e. The Balaban J connectivity index is 0. The number of hydrogen-bond acceptors (Lipinski definition) is 2. The van der Waals surface area contributed by atoms with Crippen molar-refractivity contribution in [2.24, 2.45) is 35.5 Å². The van der Waals surface area contributed by atoms with E-state index < -0.39 is 0 Å². The first-order valence-electron chi connectivity index (χ1n) is 22.6. The van der Waals surface area contributed by atoms with Crippen LogP contribution < -0.4 is 0 Å². The van der Waals surface area contributed by atoms with Crippen molar-refractivity contribution in [1.29, 1.82) is 0 Å². The second-order valence-electron chi connectivity index (χ2n) is 18.0. The van der Waals surface area contributed by atoms with E-state index >= 15 is 0 Å². The van der Waals surface area contributed by atoms with E-state index in [1.54, 1.807) is 0 Å². The lowest BCUT2D eigenvalue weighted by atomic mass is 9.90. The molecule has 0 aliphatic heterocycles. The molecule has 0 aromatic carbocycles. The Hall–Kier alpha value is -0.530. The lowest BCUT2D eigenvalue weighted by molar-refractivity contribution is -0.147. The normalized spacial score (nSPS) is 14.2. The van der Waals surface area contributed by atoms with Crippen LogP contribution in [0.4, 0.5) is 0 Å². The summed E-state index contributed by atoms with van der Waals surface area (Å²) in [4.78, 5) is 11.3. The molecule has 0 aliphatic rings. The van der Waals surface area contributed by atoms with Crippen LogP contribution in [0.2, 0.25) is 0 Å². The van der Waals surface area contributed by atoms with Gasteiger partial charge in [0.05, 0.1) is 6.10 Å². The van der Waals surface area contributed by atoms with Gasteiger partial charge in [0, 0.05) is 6.42 Å². The number of carbonyl (C=O) groups is 1. The summed E-state index contributed by atoms with van der Waals surface area (Å²) in [6, 6.07) is 0. The predicted molar refractivity (Wildman–Crippen MR) is 223 cm³/mol. The predicted octanol–water partition coefficient (Wildman–Crippen LogP) is 16.7. The molecule has 0 bridgehead atoms. The molecular formula is C47H96O2. The van der Waals surface area contributed by atoms with Crippen LogP contribution in [0, 0.1) is 35.5 Å². The Morgan fingerprint density at radius 2 is 0.653 bits per heavy atom. The quantitative estimate of drug-likeness (QED) is 0.0496. The fourth-order valence-corrected chi connectivity index (χ4v) is 7.20. The summed E-state index contributed by atoms with van der Waals surface area (Å²) in [5, 5.41) is 0. The lowest BCUT2D eigenvalue weighted by Crippen LogP contribution is -2.10. The minimum absolute atomic E-state index is 0.0280. The molecule has 0 radical (unpaired) electrons. The van der Waals surface area contributed by atoms with Gasteiger partial charge in [-0.25, -0.2) is 0 Å². The summed E-state index contributed by atoms with van der Waals surface area (Å²) < 4.78 is 5.10. The zero-order valence-corrected chi connectivity index (χ0v) is 36.2. The standard InChI is InChI=1S/C30H62.C17H34O2/c1-25(2)15-11-19-29(7)23-13-21-27(5)17-9-10-18-28(6)22-14-24-30(8)20-12-16-26(3)4;1-4-5-6-7-8-9-10-11-12-13-14-15-17(18)19-16(2)3/h25-30H,9-24H2,1-8H3;16H,4-15H2,1-3H3. The van der Waals surface area contributed by atoms with Gasteiger partial charge in [0.1, 0.15) is 0 Å². The molecule has 0 saturated carbocycles. The average Bonchev–Trinajstić information content (AvgIpc) is 3.01. The molecular weight excluding hydrogens is 597 g/mol. The van der Waals surface area contributed by atoms with Crippen molar-refractivity contribution in [3.05, 3.63) is 0 Å². The van der Waals surface area contributed by atoms with Gasteiger partial charge in [-0.3, -0.25) is 4.79 Å². The largest absolute Gasteiger partial charge is 0.463 e. The number of rotatable bonds is 34. The molecule has 296 valence electrons. The Kier molecular flexibility index (Phi) is 38.4. The first kappa shape index (κ1) is 50.6. The lowest BCUT2D eigenvalue weighted by Gasteiger charge is -2.16. The number of hydrogen-bond donors (Lipinski definition) is 0. The topological polar surface area (TPSA) is 26.3 Å². The summed E-state index contributed by atoms with van der Waals surface area (Å²) in [6.07, 6.45) is 38.2. The maximum absolute atomic E-state index is 11.3. The molecule has 0 aliphatic carbocycles. The summed E-state index contributed by atoms with van der Waals surface area (Å²) in [7, 11) is 0. The zero-order valence-electron chi connectivity index (χ0n) is 36.2. The molecule has 0 fully saturated rings.